The molecule has 1 N–H and O–H groups in total. The van der Waals surface area contributed by atoms with E-state index in [-0.39, 0.29) is 18.4 Å². The fourth-order valence-electron chi connectivity index (χ4n) is 4.26. The third kappa shape index (κ3) is 7.79. The molecule has 3 aromatic carbocycles. The number of carbonyl (C=O) groups excluding carboxylic acids is 2. The molecule has 0 atom stereocenters. The summed E-state index contributed by atoms with van der Waals surface area (Å²) in [6, 6.07) is 17.2. The van der Waals surface area contributed by atoms with Gasteiger partial charge >= 0.3 is 12.4 Å². The highest BCUT2D eigenvalue weighted by Crippen LogP contribution is 2.37. The highest BCUT2D eigenvalue weighted by molar-refractivity contribution is 6.32. The van der Waals surface area contributed by atoms with Gasteiger partial charge in [-0.15, -0.1) is 0 Å². The van der Waals surface area contributed by atoms with Crippen LogP contribution >= 0.6 is 11.6 Å². The summed E-state index contributed by atoms with van der Waals surface area (Å²) >= 11 is 6.38. The molecule has 0 fully saturated rings. The molecule has 0 unspecified atom stereocenters. The van der Waals surface area contributed by atoms with Crippen molar-refractivity contribution in [2.45, 2.75) is 45.1 Å². The van der Waals surface area contributed by atoms with E-state index >= 15 is 0 Å². The monoisotopic (exact) mass is 636 g/mol. The quantitative estimate of drug-likeness (QED) is 0.208. The first kappa shape index (κ1) is 32.6. The zero-order valence-corrected chi connectivity index (χ0v) is 24.5. The van der Waals surface area contributed by atoms with Crippen molar-refractivity contribution in [2.75, 3.05) is 11.9 Å². The van der Waals surface area contributed by atoms with Crippen molar-refractivity contribution in [3.8, 4) is 5.69 Å². The Kier molecular flexibility index (Phi) is 9.15. The summed E-state index contributed by atoms with van der Waals surface area (Å²) in [6.45, 7) is 4.73. The molecule has 0 aliphatic rings. The van der Waals surface area contributed by atoms with Crippen molar-refractivity contribution in [1.29, 1.82) is 0 Å². The Morgan fingerprint density at radius 3 is 1.95 bits per heavy atom. The van der Waals surface area contributed by atoms with Crippen LogP contribution < -0.4 is 5.32 Å². The van der Waals surface area contributed by atoms with Crippen LogP contribution in [-0.4, -0.2) is 33.0 Å². The van der Waals surface area contributed by atoms with Crippen LogP contribution in [0.4, 0.5) is 32.2 Å². The van der Waals surface area contributed by atoms with Gasteiger partial charge in [0, 0.05) is 23.6 Å². The Morgan fingerprint density at radius 2 is 1.41 bits per heavy atom. The average Bonchev–Trinajstić information content (AvgIpc) is 3.36. The highest BCUT2D eigenvalue weighted by Gasteiger charge is 2.38. The zero-order valence-electron chi connectivity index (χ0n) is 23.7. The number of nitrogens with one attached hydrogen (secondary N) is 1. The van der Waals surface area contributed by atoms with Crippen LogP contribution in [0.25, 0.3) is 5.69 Å². The maximum atomic E-state index is 13.5. The SMILES string of the molecule is CC(C)(C)c1cc(NC(=O)CN(Cc2ccccc2)C(=O)c2cc(C(F)(F)F)cc(C(F)(F)F)c2)n(-c2ccccc2Cl)n1. The number of anilines is 1. The van der Waals surface area contributed by atoms with Gasteiger partial charge in [-0.25, -0.2) is 4.68 Å². The van der Waals surface area contributed by atoms with E-state index in [4.69, 9.17) is 11.6 Å². The Labute approximate surface area is 254 Å². The van der Waals surface area contributed by atoms with Crippen LogP contribution in [0.15, 0.2) is 78.9 Å². The number of rotatable bonds is 7. The van der Waals surface area contributed by atoms with E-state index in [0.717, 1.165) is 4.90 Å². The van der Waals surface area contributed by atoms with Gasteiger partial charge in [-0.2, -0.15) is 31.4 Å². The molecular formula is C31H27ClF6N4O2. The normalized spacial score (nSPS) is 12.2. The van der Waals surface area contributed by atoms with E-state index in [1.54, 1.807) is 60.7 Å². The van der Waals surface area contributed by atoms with E-state index in [9.17, 15) is 35.9 Å². The average molecular weight is 637 g/mol. The van der Waals surface area contributed by atoms with Crippen molar-refractivity contribution in [1.82, 2.24) is 14.7 Å². The number of alkyl halides is 6. The summed E-state index contributed by atoms with van der Waals surface area (Å²) in [4.78, 5) is 27.8. The molecule has 0 saturated carbocycles. The van der Waals surface area contributed by atoms with Gasteiger partial charge in [-0.05, 0) is 35.9 Å². The van der Waals surface area contributed by atoms with Gasteiger partial charge in [-0.1, -0.05) is 74.8 Å². The van der Waals surface area contributed by atoms with Gasteiger partial charge < -0.3 is 10.2 Å². The topological polar surface area (TPSA) is 67.2 Å². The lowest BCUT2D eigenvalue weighted by Gasteiger charge is -2.24. The largest absolute Gasteiger partial charge is 0.416 e. The van der Waals surface area contributed by atoms with Crippen LogP contribution in [0.2, 0.25) is 5.02 Å². The lowest BCUT2D eigenvalue weighted by atomic mass is 9.92. The number of carbonyl (C=O) groups is 2. The molecule has 44 heavy (non-hydrogen) atoms. The Balaban J connectivity index is 1.72. The van der Waals surface area contributed by atoms with Gasteiger partial charge in [0.25, 0.3) is 5.91 Å². The third-order valence-corrected chi connectivity index (χ3v) is 6.82. The summed E-state index contributed by atoms with van der Waals surface area (Å²) in [5.74, 6) is -1.78. The van der Waals surface area contributed by atoms with Crippen molar-refractivity contribution < 1.29 is 35.9 Å². The lowest BCUT2D eigenvalue weighted by Crippen LogP contribution is -2.38. The molecular weight excluding hydrogens is 610 g/mol. The maximum absolute atomic E-state index is 13.5. The van der Waals surface area contributed by atoms with Crippen molar-refractivity contribution >= 4 is 29.2 Å². The fraction of sp³-hybridized carbons (Fsp3) is 0.258. The lowest BCUT2D eigenvalue weighted by molar-refractivity contribution is -0.143. The molecule has 2 amide bonds. The molecule has 4 rings (SSSR count). The summed E-state index contributed by atoms with van der Waals surface area (Å²) < 4.78 is 82.5. The number of nitrogens with zero attached hydrogens (tertiary/aromatic N) is 3. The van der Waals surface area contributed by atoms with Gasteiger partial charge in [0.05, 0.1) is 27.5 Å². The molecule has 1 aromatic heterocycles. The maximum Gasteiger partial charge on any atom is 0.416 e. The molecule has 13 heteroatoms. The predicted octanol–water partition coefficient (Wildman–Crippen LogP) is 8.14. The number of hydrogen-bond acceptors (Lipinski definition) is 3. The van der Waals surface area contributed by atoms with Crippen molar-refractivity contribution in [2.24, 2.45) is 0 Å². The molecule has 0 aliphatic heterocycles. The van der Waals surface area contributed by atoms with Crippen LogP contribution in [0.1, 0.15) is 53.5 Å². The van der Waals surface area contributed by atoms with E-state index in [1.165, 1.54) is 4.68 Å². The Morgan fingerprint density at radius 1 is 0.841 bits per heavy atom. The first-order valence-electron chi connectivity index (χ1n) is 13.2. The smallest absolute Gasteiger partial charge is 0.325 e. The number of halogens is 7. The standard InChI is InChI=1S/C31H27ClF6N4O2/c1-29(2,3)25-16-26(42(40-25)24-12-8-7-11-23(24)32)39-27(43)18-41(17-19-9-5-4-6-10-19)28(44)20-13-21(30(33,34)35)15-22(14-20)31(36,37)38/h4-16H,17-18H2,1-3H3,(H,39,43). The van der Waals surface area contributed by atoms with E-state index in [0.29, 0.717) is 34.1 Å². The second-order valence-electron chi connectivity index (χ2n) is 11.0. The van der Waals surface area contributed by atoms with Crippen LogP contribution in [-0.2, 0) is 29.1 Å². The molecule has 0 aliphatic carbocycles. The number of hydrogen-bond donors (Lipinski definition) is 1. The van der Waals surface area contributed by atoms with Gasteiger partial charge in [-0.3, -0.25) is 9.59 Å². The van der Waals surface area contributed by atoms with E-state index in [2.05, 4.69) is 10.4 Å². The van der Waals surface area contributed by atoms with Crippen molar-refractivity contribution in [3.63, 3.8) is 0 Å². The number of benzene rings is 3. The van der Waals surface area contributed by atoms with E-state index in [1.807, 2.05) is 20.8 Å². The molecule has 232 valence electrons. The Hall–Kier alpha value is -4.32. The molecule has 0 bridgehead atoms. The van der Waals surface area contributed by atoms with Crippen LogP contribution in [0.3, 0.4) is 0 Å². The minimum absolute atomic E-state index is 0.0618. The summed E-state index contributed by atoms with van der Waals surface area (Å²) in [7, 11) is 0. The minimum atomic E-state index is -5.15. The number of aromatic nitrogens is 2. The molecule has 6 nitrogen and oxygen atoms in total. The molecule has 0 spiro atoms. The van der Waals surface area contributed by atoms with Gasteiger partial charge in [0.1, 0.15) is 12.4 Å². The minimum Gasteiger partial charge on any atom is -0.325 e. The second kappa shape index (κ2) is 12.4. The van der Waals surface area contributed by atoms with Crippen molar-refractivity contribution in [3.05, 3.63) is 112 Å². The van der Waals surface area contributed by atoms with Gasteiger partial charge in [0.2, 0.25) is 5.91 Å². The molecule has 0 saturated heterocycles. The molecule has 1 heterocycles. The zero-order chi connectivity index (χ0) is 32.4. The molecule has 4 aromatic rings. The number of para-hydroxylation sites is 1. The van der Waals surface area contributed by atoms with E-state index < -0.39 is 52.8 Å². The third-order valence-electron chi connectivity index (χ3n) is 6.50. The summed E-state index contributed by atoms with van der Waals surface area (Å²) in [5, 5.41) is 7.59. The highest BCUT2D eigenvalue weighted by atomic mass is 35.5. The summed E-state index contributed by atoms with van der Waals surface area (Å²) in [6.07, 6.45) is -10.3. The first-order valence-corrected chi connectivity index (χ1v) is 13.6. The molecule has 0 radical (unpaired) electrons. The second-order valence-corrected chi connectivity index (χ2v) is 11.4. The first-order chi connectivity index (χ1) is 20.4. The van der Waals surface area contributed by atoms with Crippen LogP contribution in [0, 0.1) is 0 Å². The Bertz CT molecular complexity index is 1630. The fourth-order valence-corrected chi connectivity index (χ4v) is 4.48. The number of amides is 2. The predicted molar refractivity (Wildman–Crippen MR) is 154 cm³/mol. The van der Waals surface area contributed by atoms with Crippen LogP contribution in [0.5, 0.6) is 0 Å². The summed E-state index contributed by atoms with van der Waals surface area (Å²) in [5.41, 5.74) is -3.06. The van der Waals surface area contributed by atoms with Gasteiger partial charge in [0.15, 0.2) is 0 Å².